The minimum absolute atomic E-state index is 0.105. The molecule has 80 valence electrons. The molecule has 2 aliphatic rings. The summed E-state index contributed by atoms with van der Waals surface area (Å²) in [5.74, 6) is 2.35. The summed E-state index contributed by atoms with van der Waals surface area (Å²) in [7, 11) is 0. The number of hydrogen-bond acceptors (Lipinski definition) is 4. The van der Waals surface area contributed by atoms with E-state index in [0.717, 1.165) is 37.7 Å². The normalized spacial score (nSPS) is 28.9. The van der Waals surface area contributed by atoms with Crippen LogP contribution in [0.25, 0.3) is 0 Å². The van der Waals surface area contributed by atoms with Gasteiger partial charge in [-0.15, -0.1) is 0 Å². The van der Waals surface area contributed by atoms with Gasteiger partial charge in [0.25, 0.3) is 0 Å². The number of carbonyl (C=O) groups is 1. The van der Waals surface area contributed by atoms with Crippen LogP contribution in [0.15, 0.2) is 0 Å². The molecule has 2 rings (SSSR count). The number of carbonyl (C=O) groups excluding carboxylic acids is 1. The fourth-order valence-corrected chi connectivity index (χ4v) is 2.63. The van der Waals surface area contributed by atoms with E-state index >= 15 is 0 Å². The molecule has 0 saturated carbocycles. The lowest BCUT2D eigenvalue weighted by molar-refractivity contribution is -0.136. The molecule has 0 aromatic rings. The number of ether oxygens (including phenoxy) is 1. The molecular weight excluding hydrogens is 200 g/mol. The van der Waals surface area contributed by atoms with E-state index in [1.165, 1.54) is 0 Å². The molecule has 0 bridgehead atoms. The first-order chi connectivity index (χ1) is 6.88. The van der Waals surface area contributed by atoms with Gasteiger partial charge in [-0.05, 0) is 0 Å². The standard InChI is InChI=1S/C9H16N2O2S/c12-9(8-7-13-4-1-10-8)11-2-5-14-6-3-11/h8,10H,1-7H2/t8-/m1/s1. The first-order valence-corrected chi connectivity index (χ1v) is 6.21. The number of amides is 1. The van der Waals surface area contributed by atoms with Crippen molar-refractivity contribution in [2.75, 3.05) is 44.4 Å². The maximum Gasteiger partial charge on any atom is 0.242 e. The van der Waals surface area contributed by atoms with E-state index in [1.54, 1.807) is 0 Å². The maximum atomic E-state index is 11.9. The lowest BCUT2D eigenvalue weighted by Gasteiger charge is -2.32. The molecule has 0 aromatic heterocycles. The zero-order valence-corrected chi connectivity index (χ0v) is 9.02. The van der Waals surface area contributed by atoms with Crippen molar-refractivity contribution in [3.8, 4) is 0 Å². The Kier molecular flexibility index (Phi) is 3.67. The molecule has 2 heterocycles. The van der Waals surface area contributed by atoms with E-state index in [9.17, 15) is 4.79 Å². The van der Waals surface area contributed by atoms with E-state index in [-0.39, 0.29) is 11.9 Å². The molecule has 0 radical (unpaired) electrons. The summed E-state index contributed by atoms with van der Waals surface area (Å²) in [4.78, 5) is 13.9. The average Bonchev–Trinajstić information content (AvgIpc) is 2.30. The van der Waals surface area contributed by atoms with Crippen molar-refractivity contribution < 1.29 is 9.53 Å². The Morgan fingerprint density at radius 1 is 1.43 bits per heavy atom. The molecule has 1 atom stereocenters. The van der Waals surface area contributed by atoms with Crippen LogP contribution in [0.1, 0.15) is 0 Å². The molecule has 4 nitrogen and oxygen atoms in total. The fraction of sp³-hybridized carbons (Fsp3) is 0.889. The third kappa shape index (κ3) is 2.40. The molecule has 2 fully saturated rings. The molecule has 0 aliphatic carbocycles. The molecule has 1 amide bonds. The minimum atomic E-state index is -0.105. The summed E-state index contributed by atoms with van der Waals surface area (Å²) < 4.78 is 5.28. The van der Waals surface area contributed by atoms with Crippen LogP contribution in [-0.2, 0) is 9.53 Å². The monoisotopic (exact) mass is 216 g/mol. The van der Waals surface area contributed by atoms with Gasteiger partial charge in [-0.1, -0.05) is 0 Å². The zero-order chi connectivity index (χ0) is 9.80. The lowest BCUT2D eigenvalue weighted by Crippen LogP contribution is -2.54. The van der Waals surface area contributed by atoms with Crippen molar-refractivity contribution in [2.45, 2.75) is 6.04 Å². The summed E-state index contributed by atoms with van der Waals surface area (Å²) >= 11 is 1.92. The van der Waals surface area contributed by atoms with Gasteiger partial charge >= 0.3 is 0 Å². The molecule has 2 aliphatic heterocycles. The van der Waals surface area contributed by atoms with Crippen molar-refractivity contribution in [1.82, 2.24) is 10.2 Å². The van der Waals surface area contributed by atoms with E-state index < -0.39 is 0 Å². The van der Waals surface area contributed by atoms with Crippen LogP contribution in [0.4, 0.5) is 0 Å². The van der Waals surface area contributed by atoms with Gasteiger partial charge in [0.1, 0.15) is 6.04 Å². The van der Waals surface area contributed by atoms with Crippen LogP contribution in [0.3, 0.4) is 0 Å². The van der Waals surface area contributed by atoms with Crippen molar-refractivity contribution in [3.05, 3.63) is 0 Å². The van der Waals surface area contributed by atoms with Gasteiger partial charge in [-0.2, -0.15) is 11.8 Å². The van der Waals surface area contributed by atoms with Crippen LogP contribution in [0.2, 0.25) is 0 Å². The second-order valence-electron chi connectivity index (χ2n) is 3.52. The maximum absolute atomic E-state index is 11.9. The summed E-state index contributed by atoms with van der Waals surface area (Å²) in [6, 6.07) is -0.105. The summed E-state index contributed by atoms with van der Waals surface area (Å²) in [6.45, 7) is 3.82. The molecule has 2 saturated heterocycles. The number of thioether (sulfide) groups is 1. The van der Waals surface area contributed by atoms with Gasteiger partial charge in [-0.25, -0.2) is 0 Å². The van der Waals surface area contributed by atoms with Gasteiger partial charge < -0.3 is 15.0 Å². The molecule has 14 heavy (non-hydrogen) atoms. The second kappa shape index (κ2) is 5.00. The zero-order valence-electron chi connectivity index (χ0n) is 8.20. The Morgan fingerprint density at radius 2 is 2.21 bits per heavy atom. The highest BCUT2D eigenvalue weighted by Gasteiger charge is 2.26. The molecule has 0 spiro atoms. The van der Waals surface area contributed by atoms with Gasteiger partial charge in [0, 0.05) is 31.1 Å². The topological polar surface area (TPSA) is 41.6 Å². The van der Waals surface area contributed by atoms with E-state index in [0.29, 0.717) is 6.61 Å². The first kappa shape index (κ1) is 10.3. The highest BCUT2D eigenvalue weighted by Crippen LogP contribution is 2.10. The van der Waals surface area contributed by atoms with Crippen LogP contribution >= 0.6 is 11.8 Å². The van der Waals surface area contributed by atoms with Gasteiger partial charge in [0.05, 0.1) is 13.2 Å². The molecule has 0 aromatic carbocycles. The summed E-state index contributed by atoms with van der Waals surface area (Å²) in [5.41, 5.74) is 0. The quantitative estimate of drug-likeness (QED) is 0.644. The van der Waals surface area contributed by atoms with Crippen LogP contribution in [0, 0.1) is 0 Å². The molecule has 1 N–H and O–H groups in total. The molecular formula is C9H16N2O2S. The number of nitrogens with one attached hydrogen (secondary N) is 1. The average molecular weight is 216 g/mol. The minimum Gasteiger partial charge on any atom is -0.378 e. The van der Waals surface area contributed by atoms with E-state index in [2.05, 4.69) is 5.32 Å². The Morgan fingerprint density at radius 3 is 2.86 bits per heavy atom. The number of nitrogens with zero attached hydrogens (tertiary/aromatic N) is 1. The van der Waals surface area contributed by atoms with Crippen molar-refractivity contribution >= 4 is 17.7 Å². The van der Waals surface area contributed by atoms with E-state index in [1.807, 2.05) is 16.7 Å². The first-order valence-electron chi connectivity index (χ1n) is 5.05. The third-order valence-corrected chi connectivity index (χ3v) is 3.49. The largest absolute Gasteiger partial charge is 0.378 e. The Labute approximate surface area is 88.4 Å². The summed E-state index contributed by atoms with van der Waals surface area (Å²) in [5, 5.41) is 3.19. The smallest absolute Gasteiger partial charge is 0.242 e. The predicted octanol–water partition coefficient (Wildman–Crippen LogP) is -0.450. The van der Waals surface area contributed by atoms with Gasteiger partial charge in [0.15, 0.2) is 0 Å². The number of hydrogen-bond donors (Lipinski definition) is 1. The van der Waals surface area contributed by atoms with Crippen molar-refractivity contribution in [1.29, 1.82) is 0 Å². The van der Waals surface area contributed by atoms with E-state index in [4.69, 9.17) is 4.74 Å². The van der Waals surface area contributed by atoms with Crippen LogP contribution < -0.4 is 5.32 Å². The van der Waals surface area contributed by atoms with Gasteiger partial charge in [-0.3, -0.25) is 4.79 Å². The highest BCUT2D eigenvalue weighted by atomic mass is 32.2. The SMILES string of the molecule is O=C([C@H]1COCCN1)N1CCSCC1. The second-order valence-corrected chi connectivity index (χ2v) is 4.74. The van der Waals surface area contributed by atoms with Crippen LogP contribution in [0.5, 0.6) is 0 Å². The Balaban J connectivity index is 1.85. The fourth-order valence-electron chi connectivity index (χ4n) is 1.73. The van der Waals surface area contributed by atoms with Gasteiger partial charge in [0.2, 0.25) is 5.91 Å². The lowest BCUT2D eigenvalue weighted by atomic mass is 10.2. The third-order valence-electron chi connectivity index (χ3n) is 2.54. The van der Waals surface area contributed by atoms with Crippen LogP contribution in [-0.4, -0.2) is 61.2 Å². The molecule has 5 heteroatoms. The Bertz CT molecular complexity index is 181. The Hall–Kier alpha value is -0.260. The van der Waals surface area contributed by atoms with Crippen molar-refractivity contribution in [3.63, 3.8) is 0 Å². The number of rotatable bonds is 1. The highest BCUT2D eigenvalue weighted by molar-refractivity contribution is 7.99. The molecule has 0 unspecified atom stereocenters. The predicted molar refractivity (Wildman–Crippen MR) is 56.5 cm³/mol. The summed E-state index contributed by atoms with van der Waals surface area (Å²) in [6.07, 6.45) is 0. The number of morpholine rings is 1. The van der Waals surface area contributed by atoms with Crippen molar-refractivity contribution in [2.24, 2.45) is 0 Å².